The highest BCUT2D eigenvalue weighted by Gasteiger charge is 2.09. The van der Waals surface area contributed by atoms with Gasteiger partial charge < -0.3 is 19.9 Å². The van der Waals surface area contributed by atoms with E-state index in [0.717, 1.165) is 23.4 Å². The molecule has 0 aliphatic heterocycles. The van der Waals surface area contributed by atoms with Crippen LogP contribution in [0.2, 0.25) is 0 Å². The van der Waals surface area contributed by atoms with Crippen LogP contribution in [-0.2, 0) is 13.1 Å². The minimum atomic E-state index is -0.0946. The Morgan fingerprint density at radius 2 is 1.81 bits per heavy atom. The van der Waals surface area contributed by atoms with Gasteiger partial charge in [0.25, 0.3) is 0 Å². The summed E-state index contributed by atoms with van der Waals surface area (Å²) in [7, 11) is 5.84. The maximum absolute atomic E-state index is 12.3. The average molecular weight is 388 g/mol. The Labute approximate surface area is 166 Å². The van der Waals surface area contributed by atoms with E-state index in [2.05, 4.69) is 40.7 Å². The molecule has 0 aromatic heterocycles. The van der Waals surface area contributed by atoms with Gasteiger partial charge in [0.15, 0.2) is 0 Å². The van der Waals surface area contributed by atoms with Gasteiger partial charge in [-0.05, 0) is 55.7 Å². The smallest absolute Gasteiger partial charge is 0.317 e. The molecule has 0 unspecified atom stereocenters. The van der Waals surface area contributed by atoms with Gasteiger partial charge >= 0.3 is 6.03 Å². The molecule has 0 saturated carbocycles. The fourth-order valence-corrected chi connectivity index (χ4v) is 2.89. The molecule has 2 aromatic rings. The zero-order valence-electron chi connectivity index (χ0n) is 16.6. The lowest BCUT2D eigenvalue weighted by Crippen LogP contribution is -2.36. The van der Waals surface area contributed by atoms with Crippen LogP contribution in [0.15, 0.2) is 53.4 Å². The number of hydrogen-bond acceptors (Lipinski definition) is 4. The van der Waals surface area contributed by atoms with Crippen molar-refractivity contribution >= 4 is 17.8 Å². The Morgan fingerprint density at radius 1 is 1.07 bits per heavy atom. The molecule has 0 heterocycles. The van der Waals surface area contributed by atoms with Gasteiger partial charge in [0.05, 0.1) is 0 Å². The van der Waals surface area contributed by atoms with Crippen LogP contribution in [0.3, 0.4) is 0 Å². The predicted molar refractivity (Wildman–Crippen MR) is 112 cm³/mol. The predicted octanol–water partition coefficient (Wildman–Crippen LogP) is 3.69. The van der Waals surface area contributed by atoms with Crippen molar-refractivity contribution in [2.45, 2.75) is 18.0 Å². The van der Waals surface area contributed by atoms with Crippen LogP contribution in [0.25, 0.3) is 0 Å². The monoisotopic (exact) mass is 387 g/mol. The van der Waals surface area contributed by atoms with Crippen molar-refractivity contribution in [1.82, 2.24) is 15.1 Å². The number of nitrogens with one attached hydrogen (secondary N) is 1. The quantitative estimate of drug-likeness (QED) is 0.667. The van der Waals surface area contributed by atoms with Crippen molar-refractivity contribution in [2.24, 2.45) is 0 Å². The number of carbonyl (C=O) groups excluding carboxylic acids is 1. The second-order valence-electron chi connectivity index (χ2n) is 6.66. The van der Waals surface area contributed by atoms with E-state index in [1.807, 2.05) is 38.4 Å². The fraction of sp³-hybridized carbons (Fsp3) is 0.381. The summed E-state index contributed by atoms with van der Waals surface area (Å²) in [6.45, 7) is 2.55. The fourth-order valence-electron chi connectivity index (χ4n) is 2.48. The van der Waals surface area contributed by atoms with Crippen molar-refractivity contribution in [3.63, 3.8) is 0 Å². The number of likely N-dealkylation sites (N-methyl/N-ethyl adjacent to an activating group) is 1. The molecule has 0 radical (unpaired) electrons. The van der Waals surface area contributed by atoms with Crippen molar-refractivity contribution in [3.8, 4) is 5.75 Å². The second-order valence-corrected chi connectivity index (χ2v) is 7.54. The number of thioether (sulfide) groups is 1. The van der Waals surface area contributed by atoms with E-state index in [4.69, 9.17) is 4.74 Å². The number of nitrogens with zero attached hydrogens (tertiary/aromatic N) is 2. The molecule has 0 bridgehead atoms. The maximum atomic E-state index is 12.3. The molecular formula is C21H29N3O2S. The molecule has 2 rings (SSSR count). The molecule has 6 heteroatoms. The molecule has 146 valence electrons. The van der Waals surface area contributed by atoms with Crippen molar-refractivity contribution in [3.05, 3.63) is 59.7 Å². The normalized spacial score (nSPS) is 10.7. The lowest BCUT2D eigenvalue weighted by Gasteiger charge is -2.18. The van der Waals surface area contributed by atoms with Crippen LogP contribution >= 0.6 is 11.8 Å². The number of carbonyl (C=O) groups is 1. The SMILES string of the molecule is CSc1ccc(CN(C)C(=O)NCc2cccc(OCCN(C)C)c2)cc1. The Balaban J connectivity index is 1.81. The molecule has 0 saturated heterocycles. The minimum absolute atomic E-state index is 0.0946. The van der Waals surface area contributed by atoms with Gasteiger partial charge in [-0.1, -0.05) is 24.3 Å². The molecule has 0 aliphatic rings. The van der Waals surface area contributed by atoms with Crippen LogP contribution in [0.5, 0.6) is 5.75 Å². The summed E-state index contributed by atoms with van der Waals surface area (Å²) in [4.78, 5) is 17.3. The van der Waals surface area contributed by atoms with Crippen LogP contribution in [0.4, 0.5) is 4.79 Å². The highest BCUT2D eigenvalue weighted by Crippen LogP contribution is 2.16. The number of ether oxygens (including phenoxy) is 1. The summed E-state index contributed by atoms with van der Waals surface area (Å²) in [5.74, 6) is 0.825. The lowest BCUT2D eigenvalue weighted by atomic mass is 10.2. The van der Waals surface area contributed by atoms with E-state index in [0.29, 0.717) is 19.7 Å². The molecular weight excluding hydrogens is 358 g/mol. The molecule has 0 atom stereocenters. The largest absolute Gasteiger partial charge is 0.492 e. The highest BCUT2D eigenvalue weighted by atomic mass is 32.2. The molecule has 1 N–H and O–H groups in total. The summed E-state index contributed by atoms with van der Waals surface area (Å²) in [5.41, 5.74) is 2.13. The number of benzene rings is 2. The third-order valence-electron chi connectivity index (χ3n) is 4.07. The van der Waals surface area contributed by atoms with Gasteiger partial charge in [0.1, 0.15) is 12.4 Å². The van der Waals surface area contributed by atoms with Gasteiger partial charge in [-0.2, -0.15) is 0 Å². The van der Waals surface area contributed by atoms with E-state index in [9.17, 15) is 4.79 Å². The number of amides is 2. The zero-order valence-corrected chi connectivity index (χ0v) is 17.4. The summed E-state index contributed by atoms with van der Waals surface area (Å²) in [6.07, 6.45) is 2.05. The second kappa shape index (κ2) is 10.8. The van der Waals surface area contributed by atoms with Gasteiger partial charge in [0, 0.05) is 31.6 Å². The number of hydrogen-bond donors (Lipinski definition) is 1. The first-order chi connectivity index (χ1) is 13.0. The topological polar surface area (TPSA) is 44.8 Å². The molecule has 2 aromatic carbocycles. The number of urea groups is 1. The molecule has 5 nitrogen and oxygen atoms in total. The first-order valence-corrected chi connectivity index (χ1v) is 10.2. The third kappa shape index (κ3) is 7.53. The van der Waals surface area contributed by atoms with Crippen molar-refractivity contribution in [2.75, 3.05) is 40.6 Å². The van der Waals surface area contributed by atoms with Crippen LogP contribution in [0, 0.1) is 0 Å². The van der Waals surface area contributed by atoms with Crippen molar-refractivity contribution in [1.29, 1.82) is 0 Å². The molecule has 0 fully saturated rings. The Bertz CT molecular complexity index is 720. The van der Waals surface area contributed by atoms with E-state index in [-0.39, 0.29) is 6.03 Å². The first-order valence-electron chi connectivity index (χ1n) is 8.96. The van der Waals surface area contributed by atoms with Crippen LogP contribution in [0.1, 0.15) is 11.1 Å². The average Bonchev–Trinajstić information content (AvgIpc) is 2.66. The first kappa shape index (κ1) is 21.1. The molecule has 27 heavy (non-hydrogen) atoms. The molecule has 0 aliphatic carbocycles. The van der Waals surface area contributed by atoms with Gasteiger partial charge in [0.2, 0.25) is 0 Å². The Kier molecular flexibility index (Phi) is 8.48. The number of rotatable bonds is 9. The highest BCUT2D eigenvalue weighted by molar-refractivity contribution is 7.98. The van der Waals surface area contributed by atoms with Crippen LogP contribution < -0.4 is 10.1 Å². The van der Waals surface area contributed by atoms with E-state index < -0.39 is 0 Å². The van der Waals surface area contributed by atoms with Crippen molar-refractivity contribution < 1.29 is 9.53 Å². The van der Waals surface area contributed by atoms with Gasteiger partial charge in [-0.15, -0.1) is 11.8 Å². The van der Waals surface area contributed by atoms with E-state index in [1.54, 1.807) is 23.7 Å². The summed E-state index contributed by atoms with van der Waals surface area (Å²) in [6, 6.07) is 16.0. The lowest BCUT2D eigenvalue weighted by molar-refractivity contribution is 0.206. The van der Waals surface area contributed by atoms with E-state index >= 15 is 0 Å². The standard InChI is InChI=1S/C21H29N3O2S/c1-23(2)12-13-26-19-7-5-6-18(14-19)15-22-21(25)24(3)16-17-8-10-20(27-4)11-9-17/h5-11,14H,12-13,15-16H2,1-4H3,(H,22,25). The Morgan fingerprint density at radius 3 is 2.48 bits per heavy atom. The van der Waals surface area contributed by atoms with Gasteiger partial charge in [-0.3, -0.25) is 0 Å². The third-order valence-corrected chi connectivity index (χ3v) is 4.82. The summed E-state index contributed by atoms with van der Waals surface area (Å²) < 4.78 is 5.74. The minimum Gasteiger partial charge on any atom is -0.492 e. The molecule has 0 spiro atoms. The maximum Gasteiger partial charge on any atom is 0.317 e. The summed E-state index contributed by atoms with van der Waals surface area (Å²) >= 11 is 1.71. The molecule has 2 amide bonds. The van der Waals surface area contributed by atoms with Crippen LogP contribution in [-0.4, -0.2) is 56.4 Å². The Hall–Kier alpha value is -2.18. The summed E-state index contributed by atoms with van der Waals surface area (Å²) in [5, 5.41) is 2.96. The van der Waals surface area contributed by atoms with Gasteiger partial charge in [-0.25, -0.2) is 4.79 Å². The zero-order chi connectivity index (χ0) is 19.6. The van der Waals surface area contributed by atoms with E-state index in [1.165, 1.54) is 4.90 Å².